The lowest BCUT2D eigenvalue weighted by atomic mass is 10.2. The van der Waals surface area contributed by atoms with Crippen molar-refractivity contribution in [2.24, 2.45) is 5.92 Å². The molecule has 0 aromatic rings. The van der Waals surface area contributed by atoms with Crippen molar-refractivity contribution in [2.45, 2.75) is 64.9 Å². The van der Waals surface area contributed by atoms with Gasteiger partial charge < -0.3 is 13.0 Å². The van der Waals surface area contributed by atoms with Gasteiger partial charge in [-0.05, 0) is 52.1 Å². The number of hydrogen-bond donors (Lipinski definition) is 0. The second kappa shape index (κ2) is 9.94. The summed E-state index contributed by atoms with van der Waals surface area (Å²) in [5, 5.41) is 0. The fraction of sp³-hybridized carbons (Fsp3) is 0.786. The summed E-state index contributed by atoms with van der Waals surface area (Å²) in [6.07, 6.45) is 0. The monoisotopic (exact) mass is 438 g/mol. The Morgan fingerprint density at radius 2 is 1.33 bits per heavy atom. The maximum Gasteiger partial charge on any atom is 0.332 e. The van der Waals surface area contributed by atoms with Gasteiger partial charge in [-0.3, -0.25) is 0 Å². The molecular weight excluding hydrogens is 401 g/mol. The maximum absolute atomic E-state index is 12.3. The Balaban J connectivity index is 5.16. The highest BCUT2D eigenvalue weighted by Gasteiger charge is 2.39. The first-order chi connectivity index (χ1) is 10.7. The van der Waals surface area contributed by atoms with Gasteiger partial charge in [-0.2, -0.15) is 0 Å². The zero-order valence-corrected chi connectivity index (χ0v) is 24.9. The molecule has 0 heterocycles. The zero-order valence-electron chi connectivity index (χ0n) is 17.2. The van der Waals surface area contributed by atoms with Crippen LogP contribution < -0.4 is 0 Å². The van der Waals surface area contributed by atoms with E-state index in [-0.39, 0.29) is 10.8 Å². The molecule has 0 saturated carbocycles. The Morgan fingerprint density at radius 3 is 1.58 bits per heavy atom. The van der Waals surface area contributed by atoms with Gasteiger partial charge in [0.15, 0.2) is 16.6 Å². The van der Waals surface area contributed by atoms with Gasteiger partial charge in [-0.1, -0.05) is 20.4 Å². The summed E-state index contributed by atoms with van der Waals surface area (Å²) in [5.74, 6) is 0.155. The summed E-state index contributed by atoms with van der Waals surface area (Å²) in [4.78, 5) is 12.1. The number of rotatable bonds is 11. The van der Waals surface area contributed by atoms with Crippen LogP contribution in [0.25, 0.3) is 0 Å². The van der Waals surface area contributed by atoms with Crippen LogP contribution in [0.15, 0.2) is 12.2 Å². The molecule has 0 fully saturated rings. The third kappa shape index (κ3) is 10.4. The van der Waals surface area contributed by atoms with Gasteiger partial charge in [0, 0.05) is 5.57 Å². The Bertz CT molecular complexity index is 408. The normalized spacial score (nSPS) is 17.2. The van der Waals surface area contributed by atoms with Crippen LogP contribution in [0.4, 0.5) is 0 Å². The van der Waals surface area contributed by atoms with E-state index >= 15 is 0 Å². The van der Waals surface area contributed by atoms with Gasteiger partial charge in [-0.15, -0.1) is 0 Å². The van der Waals surface area contributed by atoms with Crippen molar-refractivity contribution in [2.75, 3.05) is 0 Å². The number of carbonyl (C=O) groups is 1. The highest BCUT2D eigenvalue weighted by Crippen LogP contribution is 2.22. The van der Waals surface area contributed by atoms with E-state index in [9.17, 15) is 4.79 Å². The Labute approximate surface area is 159 Å². The molecule has 0 aliphatic heterocycles. The van der Waals surface area contributed by atoms with Crippen molar-refractivity contribution in [3.63, 3.8) is 0 Å². The van der Waals surface area contributed by atoms with E-state index in [0.29, 0.717) is 11.5 Å². The molecule has 0 atom stereocenters. The van der Waals surface area contributed by atoms with Crippen molar-refractivity contribution in [1.82, 2.24) is 0 Å². The first kappa shape index (κ1) is 24.4. The van der Waals surface area contributed by atoms with Gasteiger partial charge in [0.05, 0.1) is 22.9 Å². The Kier molecular flexibility index (Phi) is 10.1. The molecule has 0 aromatic heterocycles. The maximum atomic E-state index is 12.3. The first-order valence-corrected chi connectivity index (χ1v) is 26.2. The van der Waals surface area contributed by atoms with Crippen molar-refractivity contribution in [3.8, 4) is 0 Å². The molecule has 0 rings (SSSR count). The highest BCUT2D eigenvalue weighted by atomic mass is 29.2. The van der Waals surface area contributed by atoms with Crippen molar-refractivity contribution in [3.05, 3.63) is 12.2 Å². The van der Waals surface area contributed by atoms with Gasteiger partial charge in [0.2, 0.25) is 0 Å². The summed E-state index contributed by atoms with van der Waals surface area (Å²) in [6.45, 7) is 23.4. The molecule has 0 saturated heterocycles. The third-order valence-corrected chi connectivity index (χ3v) is 32.7. The van der Waals surface area contributed by atoms with E-state index in [1.807, 2.05) is 0 Å². The van der Waals surface area contributed by atoms with Crippen LogP contribution in [0, 0.1) is 5.92 Å². The predicted octanol–water partition coefficient (Wildman–Crippen LogP) is 0.454. The molecule has 0 spiro atoms. The van der Waals surface area contributed by atoms with Gasteiger partial charge >= 0.3 is 5.97 Å². The van der Waals surface area contributed by atoms with Crippen molar-refractivity contribution in [1.29, 1.82) is 0 Å². The lowest BCUT2D eigenvalue weighted by Crippen LogP contribution is -2.57. The molecule has 0 bridgehead atoms. The van der Waals surface area contributed by atoms with Crippen LogP contribution in [-0.2, 0) is 17.8 Å². The summed E-state index contributed by atoms with van der Waals surface area (Å²) < 4.78 is 18.6. The number of esters is 1. The fourth-order valence-electron chi connectivity index (χ4n) is 2.25. The number of hydrogen-bond acceptors (Lipinski definition) is 4. The van der Waals surface area contributed by atoms with E-state index in [0.717, 1.165) is 0 Å². The molecule has 0 aromatic carbocycles. The minimum Gasteiger partial charge on any atom is -0.465 e. The summed E-state index contributed by atoms with van der Waals surface area (Å²) in [6, 6.07) is 0. The molecular formula is C14H38O4Si6. The summed E-state index contributed by atoms with van der Waals surface area (Å²) in [5.41, 5.74) is 0.503. The van der Waals surface area contributed by atoms with Crippen LogP contribution in [0.5, 0.6) is 0 Å². The van der Waals surface area contributed by atoms with Gasteiger partial charge in [0.1, 0.15) is 18.6 Å². The Hall–Kier alpha value is 0.431. The standard InChI is InChI=1S/C14H38O4Si6/c1-11(2)13(15)16-14(12(3)4,19-21-17-23(5,6)7)20-22-18-24(8,9)10/h12H,1,19-22H2,2-10H3. The second-order valence-electron chi connectivity index (χ2n) is 8.81. The second-order valence-corrected chi connectivity index (χ2v) is 30.2. The van der Waals surface area contributed by atoms with E-state index in [1.165, 1.54) is 0 Å². The van der Waals surface area contributed by atoms with Gasteiger partial charge in [0.25, 0.3) is 0 Å². The largest absolute Gasteiger partial charge is 0.465 e. The third-order valence-electron chi connectivity index (χ3n) is 3.82. The van der Waals surface area contributed by atoms with E-state index in [2.05, 4.69) is 59.7 Å². The minimum absolute atomic E-state index is 0.173. The molecule has 0 radical (unpaired) electrons. The van der Waals surface area contributed by atoms with Gasteiger partial charge in [-0.25, -0.2) is 4.79 Å². The average molecular weight is 439 g/mol. The van der Waals surface area contributed by atoms with Crippen molar-refractivity contribution >= 4 is 59.2 Å². The first-order valence-electron chi connectivity index (χ1n) is 8.85. The quantitative estimate of drug-likeness (QED) is 0.267. The number of carbonyl (C=O) groups excluding carboxylic acids is 1. The average Bonchev–Trinajstić information content (AvgIpc) is 2.34. The molecule has 4 nitrogen and oxygen atoms in total. The molecule has 10 heteroatoms. The predicted molar refractivity (Wildman–Crippen MR) is 122 cm³/mol. The smallest absolute Gasteiger partial charge is 0.332 e. The molecule has 142 valence electrons. The minimum atomic E-state index is -1.47. The van der Waals surface area contributed by atoms with Crippen LogP contribution in [0.2, 0.25) is 39.3 Å². The molecule has 24 heavy (non-hydrogen) atoms. The molecule has 0 aliphatic rings. The lowest BCUT2D eigenvalue weighted by molar-refractivity contribution is -0.144. The van der Waals surface area contributed by atoms with Crippen LogP contribution in [-0.4, -0.2) is 64.1 Å². The molecule has 0 N–H and O–H groups in total. The molecule has 0 amide bonds. The topological polar surface area (TPSA) is 44.8 Å². The fourth-order valence-corrected chi connectivity index (χ4v) is 41.9. The SMILES string of the molecule is C=C(C)C(=O)OC([SiH2][SiH2]O[Si](C)(C)C)([SiH2][SiH2]O[Si](C)(C)C)C(C)C. The van der Waals surface area contributed by atoms with Crippen molar-refractivity contribution < 1.29 is 17.8 Å². The molecule has 0 unspecified atom stereocenters. The Morgan fingerprint density at radius 1 is 0.958 bits per heavy atom. The van der Waals surface area contributed by atoms with E-state index < -0.39 is 53.3 Å². The van der Waals surface area contributed by atoms with Crippen LogP contribution in [0.1, 0.15) is 20.8 Å². The van der Waals surface area contributed by atoms with Crippen LogP contribution >= 0.6 is 0 Å². The summed E-state index contributed by atoms with van der Waals surface area (Å²) >= 11 is 0. The van der Waals surface area contributed by atoms with E-state index in [1.54, 1.807) is 6.92 Å². The lowest BCUT2D eigenvalue weighted by Gasteiger charge is -2.38. The zero-order chi connectivity index (χ0) is 19.2. The highest BCUT2D eigenvalue weighted by molar-refractivity contribution is 7.13. The molecule has 0 aliphatic carbocycles. The number of ether oxygens (including phenoxy) is 1. The summed E-state index contributed by atoms with van der Waals surface area (Å²) in [7, 11) is -5.17. The van der Waals surface area contributed by atoms with Crippen LogP contribution in [0.3, 0.4) is 0 Å². The van der Waals surface area contributed by atoms with E-state index in [4.69, 9.17) is 13.0 Å².